The van der Waals surface area contributed by atoms with Crippen molar-refractivity contribution in [1.29, 1.82) is 0 Å². The van der Waals surface area contributed by atoms with Crippen LogP contribution in [-0.4, -0.2) is 42.6 Å². The van der Waals surface area contributed by atoms with Gasteiger partial charge < -0.3 is 10.0 Å². The fraction of sp³-hybridized carbons (Fsp3) is 0.200. The second-order valence-electron chi connectivity index (χ2n) is 7.09. The molecule has 0 fully saturated rings. The summed E-state index contributed by atoms with van der Waals surface area (Å²) in [5.41, 5.74) is 1.44. The van der Waals surface area contributed by atoms with E-state index in [-0.39, 0.29) is 34.9 Å². The first kappa shape index (κ1) is 20.4. The number of anilines is 1. The lowest BCUT2D eigenvalue weighted by molar-refractivity contribution is 0.0764. The van der Waals surface area contributed by atoms with Crippen LogP contribution in [0.25, 0.3) is 10.9 Å². The van der Waals surface area contributed by atoms with E-state index in [1.807, 2.05) is 0 Å². The molecule has 156 valence electrons. The van der Waals surface area contributed by atoms with Crippen LogP contribution in [0.3, 0.4) is 0 Å². The molecule has 1 aromatic heterocycles. The van der Waals surface area contributed by atoms with E-state index in [1.165, 1.54) is 36.3 Å². The molecule has 4 rings (SSSR count). The molecule has 1 aliphatic rings. The fourth-order valence-corrected chi connectivity index (χ4v) is 4.39. The molecule has 0 aliphatic carbocycles. The summed E-state index contributed by atoms with van der Waals surface area (Å²) in [6, 6.07) is 7.42. The normalized spacial score (nSPS) is 13.7. The Labute approximate surface area is 177 Å². The molecule has 0 atom stereocenters. The van der Waals surface area contributed by atoms with Crippen LogP contribution in [0, 0.1) is 5.82 Å². The molecular weight excluding hydrogens is 433 g/mol. The fourth-order valence-electron chi connectivity index (χ4n) is 3.64. The van der Waals surface area contributed by atoms with Gasteiger partial charge in [-0.15, -0.1) is 0 Å². The minimum absolute atomic E-state index is 0.0138. The zero-order valence-electron chi connectivity index (χ0n) is 16.1. The minimum Gasteiger partial charge on any atom is -0.505 e. The van der Waals surface area contributed by atoms with Crippen LogP contribution in [0.4, 0.5) is 10.1 Å². The average Bonchev–Trinajstić information content (AvgIpc) is 3.00. The summed E-state index contributed by atoms with van der Waals surface area (Å²) in [5, 5.41) is 11.1. The molecule has 10 heteroatoms. The summed E-state index contributed by atoms with van der Waals surface area (Å²) in [4.78, 5) is 18.7. The summed E-state index contributed by atoms with van der Waals surface area (Å²) in [5.74, 6) is -1.34. The zero-order valence-corrected chi connectivity index (χ0v) is 17.6. The largest absolute Gasteiger partial charge is 0.505 e. The Morgan fingerprint density at radius 2 is 2.07 bits per heavy atom. The molecule has 30 heavy (non-hydrogen) atoms. The van der Waals surface area contributed by atoms with Gasteiger partial charge in [0.05, 0.1) is 22.5 Å². The molecule has 1 amide bonds. The number of sulfonamides is 1. The number of carbonyl (C=O) groups is 1. The van der Waals surface area contributed by atoms with Crippen molar-refractivity contribution in [3.8, 4) is 5.75 Å². The summed E-state index contributed by atoms with van der Waals surface area (Å²) < 4.78 is 39.1. The third kappa shape index (κ3) is 3.23. The van der Waals surface area contributed by atoms with Gasteiger partial charge >= 0.3 is 0 Å². The van der Waals surface area contributed by atoms with E-state index >= 15 is 0 Å². The van der Waals surface area contributed by atoms with E-state index in [1.54, 1.807) is 12.1 Å². The van der Waals surface area contributed by atoms with E-state index in [9.17, 15) is 22.7 Å². The highest BCUT2D eigenvalue weighted by Crippen LogP contribution is 2.44. The van der Waals surface area contributed by atoms with E-state index in [0.29, 0.717) is 22.2 Å². The summed E-state index contributed by atoms with van der Waals surface area (Å²) >= 11 is 5.84. The number of aromatic hydroxyl groups is 1. The molecule has 1 N–H and O–H groups in total. The standard InChI is InChI=1S/C20H17ClFN3O4S/c1-24(30(2,28)29)18-12-4-3-7-23-17(12)19(26)16-13(18)10-25(20(16)27)9-11-5-6-15(22)14(21)8-11/h3-8,26H,9-10H2,1-2H3. The van der Waals surface area contributed by atoms with Crippen LogP contribution in [0.2, 0.25) is 5.02 Å². The maximum absolute atomic E-state index is 13.5. The van der Waals surface area contributed by atoms with E-state index in [0.717, 1.165) is 10.6 Å². The van der Waals surface area contributed by atoms with E-state index in [2.05, 4.69) is 4.98 Å². The predicted octanol–water partition coefficient (Wildman–Crippen LogP) is 3.28. The first-order chi connectivity index (χ1) is 14.1. The number of nitrogens with zero attached hydrogens (tertiary/aromatic N) is 3. The number of hydrogen-bond acceptors (Lipinski definition) is 5. The molecule has 0 spiro atoms. The Hall–Kier alpha value is -2.91. The van der Waals surface area contributed by atoms with Crippen LogP contribution in [0.5, 0.6) is 5.75 Å². The lowest BCUT2D eigenvalue weighted by Gasteiger charge is -2.22. The monoisotopic (exact) mass is 449 g/mol. The smallest absolute Gasteiger partial charge is 0.258 e. The number of phenols is 1. The first-order valence-corrected chi connectivity index (χ1v) is 11.1. The van der Waals surface area contributed by atoms with E-state index in [4.69, 9.17) is 11.6 Å². The highest BCUT2D eigenvalue weighted by atomic mass is 35.5. The molecule has 3 aromatic rings. The second kappa shape index (κ2) is 7.10. The van der Waals surface area contributed by atoms with E-state index < -0.39 is 21.7 Å². The van der Waals surface area contributed by atoms with Gasteiger partial charge in [0.15, 0.2) is 5.75 Å². The van der Waals surface area contributed by atoms with Crippen LogP contribution >= 0.6 is 11.6 Å². The minimum atomic E-state index is -3.65. The zero-order chi connectivity index (χ0) is 21.8. The lowest BCUT2D eigenvalue weighted by Crippen LogP contribution is -2.26. The number of hydrogen-bond donors (Lipinski definition) is 1. The maximum atomic E-state index is 13.5. The van der Waals surface area contributed by atoms with Crippen molar-refractivity contribution >= 4 is 44.1 Å². The SMILES string of the molecule is CN(c1c2c(c(O)c3ncccc13)C(=O)N(Cc1ccc(F)c(Cl)c1)C2)S(C)(=O)=O. The molecule has 0 radical (unpaired) electrons. The van der Waals surface area contributed by atoms with Crippen LogP contribution in [-0.2, 0) is 23.1 Å². The van der Waals surface area contributed by atoms with Gasteiger partial charge in [0.25, 0.3) is 5.91 Å². The number of rotatable bonds is 4. The van der Waals surface area contributed by atoms with Crippen LogP contribution in [0.15, 0.2) is 36.5 Å². The van der Waals surface area contributed by atoms with Gasteiger partial charge in [-0.1, -0.05) is 17.7 Å². The Balaban J connectivity index is 1.87. The third-order valence-electron chi connectivity index (χ3n) is 5.13. The number of halogens is 2. The number of pyridine rings is 1. The predicted molar refractivity (Wildman–Crippen MR) is 112 cm³/mol. The summed E-state index contributed by atoms with van der Waals surface area (Å²) in [6.45, 7) is 0.176. The van der Waals surface area contributed by atoms with Crippen LogP contribution in [0.1, 0.15) is 21.5 Å². The molecule has 2 aromatic carbocycles. The molecule has 7 nitrogen and oxygen atoms in total. The number of aromatic nitrogens is 1. The first-order valence-electron chi connectivity index (χ1n) is 8.89. The van der Waals surface area contributed by atoms with Gasteiger partial charge in [0, 0.05) is 37.3 Å². The summed E-state index contributed by atoms with van der Waals surface area (Å²) in [7, 11) is -2.26. The van der Waals surface area contributed by atoms with Gasteiger partial charge in [0.1, 0.15) is 11.3 Å². The number of fused-ring (bicyclic) bond motifs is 2. The molecule has 0 saturated heterocycles. The van der Waals surface area contributed by atoms with Gasteiger partial charge in [-0.05, 0) is 29.8 Å². The van der Waals surface area contributed by atoms with Crippen molar-refractivity contribution in [1.82, 2.24) is 9.88 Å². The highest BCUT2D eigenvalue weighted by molar-refractivity contribution is 7.92. The van der Waals surface area contributed by atoms with Gasteiger partial charge in [-0.2, -0.15) is 0 Å². The quantitative estimate of drug-likeness (QED) is 0.660. The Morgan fingerprint density at radius 3 is 2.73 bits per heavy atom. The van der Waals surface area contributed by atoms with Gasteiger partial charge in [0.2, 0.25) is 10.0 Å². The van der Waals surface area contributed by atoms with Crippen molar-refractivity contribution in [3.05, 3.63) is 64.1 Å². The third-order valence-corrected chi connectivity index (χ3v) is 6.60. The molecule has 1 aliphatic heterocycles. The molecule has 0 bridgehead atoms. The Morgan fingerprint density at radius 1 is 1.33 bits per heavy atom. The average molecular weight is 450 g/mol. The van der Waals surface area contributed by atoms with Gasteiger partial charge in [-0.3, -0.25) is 14.1 Å². The Bertz CT molecular complexity index is 1310. The summed E-state index contributed by atoms with van der Waals surface area (Å²) in [6.07, 6.45) is 2.51. The number of amides is 1. The van der Waals surface area contributed by atoms with Crippen LogP contribution < -0.4 is 4.31 Å². The number of phenolic OH excluding ortho intramolecular Hbond substituents is 1. The Kier molecular flexibility index (Phi) is 4.82. The molecule has 0 unspecified atom stereocenters. The van der Waals surface area contributed by atoms with Crippen molar-refractivity contribution in [2.24, 2.45) is 0 Å². The molecule has 2 heterocycles. The maximum Gasteiger partial charge on any atom is 0.258 e. The lowest BCUT2D eigenvalue weighted by atomic mass is 10.0. The van der Waals surface area contributed by atoms with Gasteiger partial charge in [-0.25, -0.2) is 12.8 Å². The second-order valence-corrected chi connectivity index (χ2v) is 9.51. The van der Waals surface area contributed by atoms with Crippen molar-refractivity contribution in [3.63, 3.8) is 0 Å². The molecule has 0 saturated carbocycles. The van der Waals surface area contributed by atoms with Crippen molar-refractivity contribution in [2.45, 2.75) is 13.1 Å². The number of carbonyl (C=O) groups excluding carboxylic acids is 1. The topological polar surface area (TPSA) is 90.8 Å². The highest BCUT2D eigenvalue weighted by Gasteiger charge is 2.37. The number of benzene rings is 2. The van der Waals surface area contributed by atoms with Crippen molar-refractivity contribution < 1.29 is 22.7 Å². The van der Waals surface area contributed by atoms with Crippen molar-refractivity contribution in [2.75, 3.05) is 17.6 Å². The molecular formula is C20H17ClFN3O4S.